The molecule has 0 aliphatic carbocycles. The third-order valence-corrected chi connectivity index (χ3v) is 6.63. The number of nitrogens with zero attached hydrogens (tertiary/aromatic N) is 1. The number of aromatic nitrogens is 1. The standard InChI is InChI=1S/C27H33N3O/c1-17-12-23-24-13-21(20-8-10-28-11-9-20)6-7-26(24)29-27(23)14-22(17)25(15-30(4)5)19(3)18(2)16-31/h6-7,12-16,20,28-29H,8-11H2,1-5H3/b19-18-,25-15+. The molecule has 1 aliphatic rings. The lowest BCUT2D eigenvalue weighted by molar-refractivity contribution is -0.104. The molecule has 0 bridgehead atoms. The van der Waals surface area contributed by atoms with Crippen LogP contribution >= 0.6 is 0 Å². The highest BCUT2D eigenvalue weighted by Gasteiger charge is 2.18. The van der Waals surface area contributed by atoms with E-state index in [4.69, 9.17) is 0 Å². The number of hydrogen-bond acceptors (Lipinski definition) is 3. The molecule has 2 N–H and O–H groups in total. The molecule has 0 amide bonds. The van der Waals surface area contributed by atoms with Gasteiger partial charge in [0.25, 0.3) is 0 Å². The molecule has 3 aromatic rings. The van der Waals surface area contributed by atoms with Gasteiger partial charge >= 0.3 is 0 Å². The summed E-state index contributed by atoms with van der Waals surface area (Å²) in [5.41, 5.74) is 8.99. The van der Waals surface area contributed by atoms with Gasteiger partial charge in [-0.25, -0.2) is 0 Å². The molecule has 1 saturated heterocycles. The van der Waals surface area contributed by atoms with Crippen LogP contribution in [-0.2, 0) is 4.79 Å². The van der Waals surface area contributed by atoms with E-state index < -0.39 is 0 Å². The fourth-order valence-corrected chi connectivity index (χ4v) is 4.70. The van der Waals surface area contributed by atoms with Gasteiger partial charge < -0.3 is 15.2 Å². The summed E-state index contributed by atoms with van der Waals surface area (Å²) in [6, 6.07) is 11.5. The van der Waals surface area contributed by atoms with Gasteiger partial charge in [-0.2, -0.15) is 0 Å². The van der Waals surface area contributed by atoms with Crippen molar-refractivity contribution in [3.05, 3.63) is 64.4 Å². The summed E-state index contributed by atoms with van der Waals surface area (Å²) in [5.74, 6) is 0.643. The molecule has 0 radical (unpaired) electrons. The SMILES string of the molecule is C/C(C=O)=C(C)/C(=C\N(C)C)c1cc2[nH]c3ccc(C4CCNCC4)cc3c2cc1C. The zero-order valence-corrected chi connectivity index (χ0v) is 19.3. The van der Waals surface area contributed by atoms with Crippen molar-refractivity contribution in [2.45, 2.75) is 39.5 Å². The summed E-state index contributed by atoms with van der Waals surface area (Å²) >= 11 is 0. The Morgan fingerprint density at radius 2 is 1.74 bits per heavy atom. The third-order valence-electron chi connectivity index (χ3n) is 6.63. The van der Waals surface area contributed by atoms with Crippen molar-refractivity contribution >= 4 is 33.7 Å². The first kappa shape index (κ1) is 21.4. The molecule has 0 saturated carbocycles. The topological polar surface area (TPSA) is 48.1 Å². The average Bonchev–Trinajstić information content (AvgIpc) is 3.13. The Bertz CT molecular complexity index is 1190. The molecular weight excluding hydrogens is 382 g/mol. The van der Waals surface area contributed by atoms with Gasteiger partial charge in [-0.05, 0) is 105 Å². The molecule has 2 heterocycles. The van der Waals surface area contributed by atoms with E-state index in [-0.39, 0.29) is 0 Å². The van der Waals surface area contributed by atoms with Crippen molar-refractivity contribution in [1.29, 1.82) is 0 Å². The quantitative estimate of drug-likeness (QED) is 0.327. The first-order valence-electron chi connectivity index (χ1n) is 11.2. The minimum atomic E-state index is 0.643. The van der Waals surface area contributed by atoms with E-state index in [0.717, 1.165) is 47.2 Å². The van der Waals surface area contributed by atoms with Gasteiger partial charge in [0.05, 0.1) is 0 Å². The maximum atomic E-state index is 11.4. The number of allylic oxidation sites excluding steroid dienone is 3. The molecule has 2 aromatic carbocycles. The van der Waals surface area contributed by atoms with E-state index in [1.165, 1.54) is 40.3 Å². The fourth-order valence-electron chi connectivity index (χ4n) is 4.70. The summed E-state index contributed by atoms with van der Waals surface area (Å²) in [6.45, 7) is 8.28. The molecular formula is C27H33N3O. The summed E-state index contributed by atoms with van der Waals surface area (Å²) < 4.78 is 0. The number of hydrogen-bond donors (Lipinski definition) is 2. The van der Waals surface area contributed by atoms with Crippen molar-refractivity contribution in [3.8, 4) is 0 Å². The van der Waals surface area contributed by atoms with E-state index in [0.29, 0.717) is 5.92 Å². The van der Waals surface area contributed by atoms with Gasteiger partial charge in [0.15, 0.2) is 0 Å². The highest BCUT2D eigenvalue weighted by Crippen LogP contribution is 2.36. The minimum absolute atomic E-state index is 0.643. The number of aryl methyl sites for hydroxylation is 1. The Morgan fingerprint density at radius 3 is 2.42 bits per heavy atom. The number of benzene rings is 2. The first-order valence-corrected chi connectivity index (χ1v) is 11.2. The van der Waals surface area contributed by atoms with Crippen LogP contribution in [0.3, 0.4) is 0 Å². The van der Waals surface area contributed by atoms with Crippen LogP contribution in [0.1, 0.15) is 49.3 Å². The Balaban J connectivity index is 1.86. The molecule has 1 aromatic heterocycles. The van der Waals surface area contributed by atoms with Crippen LogP contribution in [0.2, 0.25) is 0 Å². The number of aromatic amines is 1. The van der Waals surface area contributed by atoms with Gasteiger partial charge in [0.2, 0.25) is 0 Å². The van der Waals surface area contributed by atoms with Crippen molar-refractivity contribution in [2.24, 2.45) is 0 Å². The molecule has 4 heteroatoms. The van der Waals surface area contributed by atoms with Crippen LogP contribution in [-0.4, -0.2) is 43.4 Å². The summed E-state index contributed by atoms with van der Waals surface area (Å²) in [6.07, 6.45) is 5.46. The average molecular weight is 416 g/mol. The zero-order valence-electron chi connectivity index (χ0n) is 19.3. The maximum absolute atomic E-state index is 11.4. The van der Waals surface area contributed by atoms with Crippen molar-refractivity contribution in [1.82, 2.24) is 15.2 Å². The molecule has 4 nitrogen and oxygen atoms in total. The second kappa shape index (κ2) is 8.72. The van der Waals surface area contributed by atoms with Crippen molar-refractivity contribution in [3.63, 3.8) is 0 Å². The number of aldehydes is 1. The van der Waals surface area contributed by atoms with Gasteiger partial charge in [0.1, 0.15) is 6.29 Å². The van der Waals surface area contributed by atoms with Crippen LogP contribution in [0.15, 0.2) is 47.7 Å². The highest BCUT2D eigenvalue weighted by atomic mass is 16.1. The lowest BCUT2D eigenvalue weighted by Gasteiger charge is -2.23. The second-order valence-corrected chi connectivity index (χ2v) is 9.10. The zero-order chi connectivity index (χ0) is 22.1. The summed E-state index contributed by atoms with van der Waals surface area (Å²) in [7, 11) is 4.03. The monoisotopic (exact) mass is 415 g/mol. The smallest absolute Gasteiger partial charge is 0.146 e. The van der Waals surface area contributed by atoms with E-state index in [9.17, 15) is 4.79 Å². The van der Waals surface area contributed by atoms with Gasteiger partial charge in [0, 0.05) is 47.7 Å². The summed E-state index contributed by atoms with van der Waals surface area (Å²) in [4.78, 5) is 17.1. The normalized spacial score (nSPS) is 16.6. The lowest BCUT2D eigenvalue weighted by atomic mass is 9.89. The molecule has 31 heavy (non-hydrogen) atoms. The number of piperidine rings is 1. The van der Waals surface area contributed by atoms with Crippen LogP contribution in [0.5, 0.6) is 0 Å². The highest BCUT2D eigenvalue weighted by molar-refractivity contribution is 6.09. The van der Waals surface area contributed by atoms with Gasteiger partial charge in [-0.3, -0.25) is 4.79 Å². The lowest BCUT2D eigenvalue weighted by Crippen LogP contribution is -2.26. The Hall–Kier alpha value is -2.85. The van der Waals surface area contributed by atoms with Gasteiger partial charge in [-0.1, -0.05) is 6.07 Å². The van der Waals surface area contributed by atoms with Crippen LogP contribution in [0, 0.1) is 6.92 Å². The Morgan fingerprint density at radius 1 is 1.03 bits per heavy atom. The predicted octanol–water partition coefficient (Wildman–Crippen LogP) is 5.53. The van der Waals surface area contributed by atoms with Crippen LogP contribution in [0.4, 0.5) is 0 Å². The number of nitrogens with one attached hydrogen (secondary N) is 2. The minimum Gasteiger partial charge on any atom is -0.383 e. The van der Waals surface area contributed by atoms with E-state index >= 15 is 0 Å². The number of carbonyl (C=O) groups is 1. The maximum Gasteiger partial charge on any atom is 0.146 e. The molecule has 0 unspecified atom stereocenters. The van der Waals surface area contributed by atoms with Gasteiger partial charge in [-0.15, -0.1) is 0 Å². The van der Waals surface area contributed by atoms with E-state index in [1.54, 1.807) is 0 Å². The molecule has 0 atom stereocenters. The molecule has 162 valence electrons. The Kier molecular flexibility index (Phi) is 6.01. The molecule has 4 rings (SSSR count). The number of rotatable bonds is 5. The largest absolute Gasteiger partial charge is 0.383 e. The van der Waals surface area contributed by atoms with Crippen LogP contribution < -0.4 is 5.32 Å². The predicted molar refractivity (Wildman–Crippen MR) is 131 cm³/mol. The Labute approximate surface area is 185 Å². The first-order chi connectivity index (χ1) is 14.9. The van der Waals surface area contributed by atoms with Crippen molar-refractivity contribution in [2.75, 3.05) is 27.2 Å². The fraction of sp³-hybridized carbons (Fsp3) is 0.370. The van der Waals surface area contributed by atoms with E-state index in [2.05, 4.69) is 53.8 Å². The number of fused-ring (bicyclic) bond motifs is 3. The van der Waals surface area contributed by atoms with Crippen molar-refractivity contribution < 1.29 is 4.79 Å². The van der Waals surface area contributed by atoms with Crippen LogP contribution in [0.25, 0.3) is 27.4 Å². The third kappa shape index (κ3) is 4.17. The van der Waals surface area contributed by atoms with E-state index in [1.807, 2.05) is 32.8 Å². The molecule has 1 aliphatic heterocycles. The number of carbonyl (C=O) groups excluding carboxylic acids is 1. The molecule has 1 fully saturated rings. The number of H-pyrrole nitrogens is 1. The second-order valence-electron chi connectivity index (χ2n) is 9.10. The summed E-state index contributed by atoms with van der Waals surface area (Å²) in [5, 5.41) is 6.03. The molecule has 0 spiro atoms.